The van der Waals surface area contributed by atoms with Gasteiger partial charge in [-0.05, 0) is 63.5 Å². The molecule has 6 rings (SSSR count). The molecule has 2 aromatic carbocycles. The zero-order valence-corrected chi connectivity index (χ0v) is 26.6. The predicted octanol–water partition coefficient (Wildman–Crippen LogP) is 4.41. The molecule has 12 heteroatoms. The monoisotopic (exact) mass is 609 g/mol. The van der Waals surface area contributed by atoms with Crippen LogP contribution >= 0.6 is 0 Å². The first-order valence-electron chi connectivity index (χ1n) is 15.8. The summed E-state index contributed by atoms with van der Waals surface area (Å²) in [4.78, 5) is 26.9. The molecule has 0 radical (unpaired) electrons. The molecular weight excluding hydrogens is 566 g/mol. The van der Waals surface area contributed by atoms with Gasteiger partial charge in [0.1, 0.15) is 5.52 Å². The van der Waals surface area contributed by atoms with E-state index in [2.05, 4.69) is 45.4 Å². The molecule has 0 atom stereocenters. The molecule has 0 unspecified atom stereocenters. The standard InChI is InChI=1S/C33H43N11O/c1-22(2)26-20-36-44-31(26)38-33(42-17-14-25(34)15-18-42)39-32(44)35-19-23-9-5-6-12-28(23)43-21-24-10-7-11-27(30(24)40-43)37-29(45)13-8-16-41(3)4/h5-7,9-12,20-22,25H,8,13-19,34H2,1-4H3,(H,37,45)(H,35,38,39). The molecule has 0 spiro atoms. The summed E-state index contributed by atoms with van der Waals surface area (Å²) in [5.74, 6) is 1.60. The molecule has 1 saturated heterocycles. The van der Waals surface area contributed by atoms with Crippen LogP contribution in [0.2, 0.25) is 0 Å². The Morgan fingerprint density at radius 2 is 1.89 bits per heavy atom. The average Bonchev–Trinajstić information content (AvgIpc) is 3.66. The van der Waals surface area contributed by atoms with Gasteiger partial charge in [-0.2, -0.15) is 24.7 Å². The molecule has 45 heavy (non-hydrogen) atoms. The van der Waals surface area contributed by atoms with Crippen molar-refractivity contribution in [3.63, 3.8) is 0 Å². The first-order chi connectivity index (χ1) is 21.8. The van der Waals surface area contributed by atoms with Gasteiger partial charge in [0, 0.05) is 49.2 Å². The summed E-state index contributed by atoms with van der Waals surface area (Å²) in [6, 6.07) is 14.2. The second kappa shape index (κ2) is 13.2. The summed E-state index contributed by atoms with van der Waals surface area (Å²) in [5.41, 5.74) is 11.5. The van der Waals surface area contributed by atoms with Gasteiger partial charge in [0.05, 0.1) is 17.6 Å². The molecule has 236 valence electrons. The summed E-state index contributed by atoms with van der Waals surface area (Å²) in [7, 11) is 4.02. The Hall–Kier alpha value is -4.55. The largest absolute Gasteiger partial charge is 0.350 e. The zero-order chi connectivity index (χ0) is 31.5. The lowest BCUT2D eigenvalue weighted by molar-refractivity contribution is -0.116. The van der Waals surface area contributed by atoms with E-state index >= 15 is 0 Å². The Kier molecular flexibility index (Phi) is 8.95. The van der Waals surface area contributed by atoms with Crippen LogP contribution in [-0.4, -0.2) is 79.9 Å². The number of nitrogens with one attached hydrogen (secondary N) is 2. The minimum Gasteiger partial charge on any atom is -0.350 e. The number of fused-ring (bicyclic) bond motifs is 2. The van der Waals surface area contributed by atoms with Crippen molar-refractivity contribution in [1.29, 1.82) is 0 Å². The summed E-state index contributed by atoms with van der Waals surface area (Å²) in [6.45, 7) is 7.32. The lowest BCUT2D eigenvalue weighted by Gasteiger charge is -2.30. The van der Waals surface area contributed by atoms with E-state index in [0.29, 0.717) is 30.5 Å². The van der Waals surface area contributed by atoms with E-state index < -0.39 is 0 Å². The minimum absolute atomic E-state index is 0.00863. The number of rotatable bonds is 11. The van der Waals surface area contributed by atoms with Crippen molar-refractivity contribution < 1.29 is 4.79 Å². The van der Waals surface area contributed by atoms with E-state index in [-0.39, 0.29) is 17.9 Å². The number of carbonyl (C=O) groups excluding carboxylic acids is 1. The molecule has 0 bridgehead atoms. The van der Waals surface area contributed by atoms with Crippen LogP contribution < -0.4 is 21.3 Å². The van der Waals surface area contributed by atoms with Gasteiger partial charge in [0.2, 0.25) is 17.8 Å². The number of hydrogen-bond donors (Lipinski definition) is 3. The number of hydrogen-bond acceptors (Lipinski definition) is 9. The minimum atomic E-state index is -0.00863. The maximum atomic E-state index is 12.7. The summed E-state index contributed by atoms with van der Waals surface area (Å²) in [6.07, 6.45) is 6.98. The normalized spacial score (nSPS) is 14.2. The fraction of sp³-hybridized carbons (Fsp3) is 0.424. The fourth-order valence-electron chi connectivity index (χ4n) is 5.74. The van der Waals surface area contributed by atoms with Crippen molar-refractivity contribution in [2.75, 3.05) is 49.3 Å². The maximum Gasteiger partial charge on any atom is 0.230 e. The Morgan fingerprint density at radius 1 is 1.09 bits per heavy atom. The highest BCUT2D eigenvalue weighted by Crippen LogP contribution is 2.27. The topological polar surface area (TPSA) is 135 Å². The smallest absolute Gasteiger partial charge is 0.230 e. The number of amides is 1. The van der Waals surface area contributed by atoms with Gasteiger partial charge in [-0.1, -0.05) is 44.2 Å². The maximum absolute atomic E-state index is 12.7. The van der Waals surface area contributed by atoms with Gasteiger partial charge in [-0.3, -0.25) is 4.79 Å². The summed E-state index contributed by atoms with van der Waals surface area (Å²) >= 11 is 0. The summed E-state index contributed by atoms with van der Waals surface area (Å²) < 4.78 is 3.68. The number of aromatic nitrogens is 6. The molecular formula is C33H43N11O. The van der Waals surface area contributed by atoms with Crippen molar-refractivity contribution in [1.82, 2.24) is 34.3 Å². The molecule has 1 amide bonds. The Labute approximate surface area is 263 Å². The van der Waals surface area contributed by atoms with E-state index in [0.717, 1.165) is 72.3 Å². The van der Waals surface area contributed by atoms with Crippen LogP contribution in [0.15, 0.2) is 54.9 Å². The molecule has 1 aliphatic rings. The van der Waals surface area contributed by atoms with Crippen LogP contribution in [0.4, 0.5) is 17.6 Å². The van der Waals surface area contributed by atoms with Gasteiger partial charge >= 0.3 is 0 Å². The molecule has 3 aromatic heterocycles. The highest BCUT2D eigenvalue weighted by atomic mass is 16.1. The molecule has 0 saturated carbocycles. The van der Waals surface area contributed by atoms with E-state index in [9.17, 15) is 4.79 Å². The fourth-order valence-corrected chi connectivity index (χ4v) is 5.74. The van der Waals surface area contributed by atoms with Gasteiger partial charge < -0.3 is 26.2 Å². The number of benzene rings is 2. The summed E-state index contributed by atoms with van der Waals surface area (Å²) in [5, 5.41) is 17.1. The number of nitrogens with zero attached hydrogens (tertiary/aromatic N) is 8. The van der Waals surface area contributed by atoms with Gasteiger partial charge in [-0.25, -0.2) is 4.68 Å². The van der Waals surface area contributed by atoms with Gasteiger partial charge in [0.15, 0.2) is 5.65 Å². The quantitative estimate of drug-likeness (QED) is 0.199. The third-order valence-electron chi connectivity index (χ3n) is 8.32. The predicted molar refractivity (Wildman–Crippen MR) is 179 cm³/mol. The first-order valence-corrected chi connectivity index (χ1v) is 15.8. The highest BCUT2D eigenvalue weighted by Gasteiger charge is 2.22. The van der Waals surface area contributed by atoms with Crippen LogP contribution in [0.5, 0.6) is 0 Å². The number of nitrogens with two attached hydrogens (primary N) is 1. The van der Waals surface area contributed by atoms with E-state index in [1.165, 1.54) is 0 Å². The Bertz CT molecular complexity index is 1780. The van der Waals surface area contributed by atoms with E-state index in [1.807, 2.05) is 67.6 Å². The van der Waals surface area contributed by atoms with Gasteiger partial charge in [-0.15, -0.1) is 0 Å². The highest BCUT2D eigenvalue weighted by molar-refractivity contribution is 6.00. The molecule has 1 fully saturated rings. The van der Waals surface area contributed by atoms with Crippen molar-refractivity contribution in [2.24, 2.45) is 5.73 Å². The third kappa shape index (κ3) is 6.76. The van der Waals surface area contributed by atoms with E-state index in [1.54, 1.807) is 4.52 Å². The zero-order valence-electron chi connectivity index (χ0n) is 26.6. The van der Waals surface area contributed by atoms with Crippen LogP contribution in [0.25, 0.3) is 22.2 Å². The van der Waals surface area contributed by atoms with Gasteiger partial charge in [0.25, 0.3) is 0 Å². The van der Waals surface area contributed by atoms with Crippen LogP contribution in [0.3, 0.4) is 0 Å². The lowest BCUT2D eigenvalue weighted by Crippen LogP contribution is -2.40. The van der Waals surface area contributed by atoms with Crippen LogP contribution in [0.1, 0.15) is 56.6 Å². The number of piperidine rings is 1. The molecule has 4 heterocycles. The molecule has 1 aliphatic heterocycles. The molecule has 0 aliphatic carbocycles. The number of carbonyl (C=O) groups is 1. The molecule has 12 nitrogen and oxygen atoms in total. The Balaban J connectivity index is 1.27. The Morgan fingerprint density at radius 3 is 2.67 bits per heavy atom. The second-order valence-corrected chi connectivity index (χ2v) is 12.4. The van der Waals surface area contributed by atoms with Crippen LogP contribution in [0, 0.1) is 0 Å². The molecule has 5 aromatic rings. The number of para-hydroxylation sites is 1. The van der Waals surface area contributed by atoms with Crippen molar-refractivity contribution in [3.8, 4) is 5.69 Å². The molecule has 4 N–H and O–H groups in total. The van der Waals surface area contributed by atoms with Crippen molar-refractivity contribution >= 4 is 40.0 Å². The first kappa shape index (κ1) is 30.5. The van der Waals surface area contributed by atoms with Crippen molar-refractivity contribution in [2.45, 2.75) is 58.0 Å². The third-order valence-corrected chi connectivity index (χ3v) is 8.32. The lowest BCUT2D eigenvalue weighted by atomic mass is 10.1. The average molecular weight is 610 g/mol. The number of anilines is 3. The van der Waals surface area contributed by atoms with E-state index in [4.69, 9.17) is 20.8 Å². The van der Waals surface area contributed by atoms with Crippen LogP contribution in [-0.2, 0) is 11.3 Å². The second-order valence-electron chi connectivity index (χ2n) is 12.4. The SMILES string of the molecule is CC(C)c1cnn2c(NCc3ccccc3-n3cc4cccc(NC(=O)CCCN(C)C)c4n3)nc(N3CCC(N)CC3)nc12. The van der Waals surface area contributed by atoms with Crippen molar-refractivity contribution in [3.05, 3.63) is 66.0 Å².